The number of ether oxygens (including phenoxy) is 2. The lowest BCUT2D eigenvalue weighted by atomic mass is 9.97. The minimum absolute atomic E-state index is 0.652. The van der Waals surface area contributed by atoms with Crippen LogP contribution in [0.1, 0.15) is 33.1 Å². The van der Waals surface area contributed by atoms with Gasteiger partial charge in [0.25, 0.3) is 0 Å². The minimum atomic E-state index is 0.652. The SMILES string of the molecule is CN=C(NCC1CCCN(CC(C)C)C1)Nc1cccc(OCCCOC)c1. The van der Waals surface area contributed by atoms with Gasteiger partial charge in [-0.25, -0.2) is 0 Å². The van der Waals surface area contributed by atoms with Gasteiger partial charge in [-0.1, -0.05) is 19.9 Å². The summed E-state index contributed by atoms with van der Waals surface area (Å²) in [4.78, 5) is 6.97. The van der Waals surface area contributed by atoms with Crippen molar-refractivity contribution in [3.05, 3.63) is 24.3 Å². The highest BCUT2D eigenvalue weighted by Gasteiger charge is 2.20. The van der Waals surface area contributed by atoms with E-state index in [0.29, 0.717) is 19.1 Å². The van der Waals surface area contributed by atoms with Crippen LogP contribution >= 0.6 is 0 Å². The molecule has 28 heavy (non-hydrogen) atoms. The molecular formula is C22H38N4O2. The second kappa shape index (κ2) is 12.6. The molecule has 1 unspecified atom stereocenters. The van der Waals surface area contributed by atoms with Crippen LogP contribution < -0.4 is 15.4 Å². The molecule has 6 heteroatoms. The minimum Gasteiger partial charge on any atom is -0.493 e. The zero-order valence-electron chi connectivity index (χ0n) is 18.0. The predicted molar refractivity (Wildman–Crippen MR) is 117 cm³/mol. The molecular weight excluding hydrogens is 352 g/mol. The Morgan fingerprint density at radius 3 is 2.93 bits per heavy atom. The highest BCUT2D eigenvalue weighted by atomic mass is 16.5. The number of nitrogens with one attached hydrogen (secondary N) is 2. The summed E-state index contributed by atoms with van der Waals surface area (Å²) in [6.07, 6.45) is 3.45. The topological polar surface area (TPSA) is 58.1 Å². The Morgan fingerprint density at radius 2 is 2.18 bits per heavy atom. The van der Waals surface area contributed by atoms with Crippen LogP contribution in [0.15, 0.2) is 29.3 Å². The maximum absolute atomic E-state index is 5.78. The largest absolute Gasteiger partial charge is 0.493 e. The van der Waals surface area contributed by atoms with Crippen molar-refractivity contribution in [3.8, 4) is 5.75 Å². The van der Waals surface area contributed by atoms with E-state index >= 15 is 0 Å². The summed E-state index contributed by atoms with van der Waals surface area (Å²) in [5, 5.41) is 6.87. The van der Waals surface area contributed by atoms with Gasteiger partial charge in [-0.3, -0.25) is 4.99 Å². The van der Waals surface area contributed by atoms with Gasteiger partial charge in [0.05, 0.1) is 6.61 Å². The van der Waals surface area contributed by atoms with Crippen molar-refractivity contribution in [2.24, 2.45) is 16.8 Å². The summed E-state index contributed by atoms with van der Waals surface area (Å²) in [5.74, 6) is 3.05. The number of nitrogens with zero attached hydrogens (tertiary/aromatic N) is 2. The first-order chi connectivity index (χ1) is 13.6. The van der Waals surface area contributed by atoms with Crippen molar-refractivity contribution in [1.82, 2.24) is 10.2 Å². The molecule has 2 N–H and O–H groups in total. The Labute approximate surface area is 170 Å². The molecule has 1 atom stereocenters. The van der Waals surface area contributed by atoms with Crippen molar-refractivity contribution in [2.45, 2.75) is 33.1 Å². The molecule has 1 aromatic rings. The molecule has 2 rings (SSSR count). The highest BCUT2D eigenvalue weighted by Crippen LogP contribution is 2.19. The van der Waals surface area contributed by atoms with Crippen molar-refractivity contribution in [3.63, 3.8) is 0 Å². The van der Waals surface area contributed by atoms with E-state index < -0.39 is 0 Å². The Bertz CT molecular complexity index is 592. The lowest BCUT2D eigenvalue weighted by Crippen LogP contribution is -2.43. The number of rotatable bonds is 10. The van der Waals surface area contributed by atoms with Gasteiger partial charge in [0.15, 0.2) is 5.96 Å². The molecule has 1 aliphatic rings. The fraction of sp³-hybridized carbons (Fsp3) is 0.682. The van der Waals surface area contributed by atoms with Gasteiger partial charge in [0.1, 0.15) is 5.75 Å². The Balaban J connectivity index is 1.79. The average molecular weight is 391 g/mol. The van der Waals surface area contributed by atoms with Crippen LogP contribution in [-0.2, 0) is 4.74 Å². The summed E-state index contributed by atoms with van der Waals surface area (Å²) in [5.41, 5.74) is 0.974. The molecule has 0 aromatic heterocycles. The quantitative estimate of drug-likeness (QED) is 0.364. The second-order valence-electron chi connectivity index (χ2n) is 7.96. The number of methoxy groups -OCH3 is 1. The molecule has 1 aliphatic heterocycles. The van der Waals surface area contributed by atoms with Crippen LogP contribution in [0.4, 0.5) is 5.69 Å². The Morgan fingerprint density at radius 1 is 1.32 bits per heavy atom. The number of likely N-dealkylation sites (tertiary alicyclic amines) is 1. The van der Waals surface area contributed by atoms with E-state index in [1.165, 1.54) is 32.5 Å². The van der Waals surface area contributed by atoms with Gasteiger partial charge >= 0.3 is 0 Å². The number of hydrogen-bond donors (Lipinski definition) is 2. The van der Waals surface area contributed by atoms with Crippen molar-refractivity contribution in [1.29, 1.82) is 0 Å². The number of hydrogen-bond acceptors (Lipinski definition) is 4. The van der Waals surface area contributed by atoms with Crippen molar-refractivity contribution in [2.75, 3.05) is 58.9 Å². The third-order valence-electron chi connectivity index (χ3n) is 4.87. The third-order valence-corrected chi connectivity index (χ3v) is 4.87. The van der Waals surface area contributed by atoms with E-state index in [1.54, 1.807) is 7.11 Å². The van der Waals surface area contributed by atoms with Crippen molar-refractivity contribution < 1.29 is 9.47 Å². The molecule has 1 saturated heterocycles. The fourth-order valence-corrected chi connectivity index (χ4v) is 3.61. The standard InChI is InChI=1S/C22H38N4O2/c1-18(2)16-26-11-6-8-19(17-26)15-24-22(23-3)25-20-9-5-10-21(14-20)28-13-7-12-27-4/h5,9-10,14,18-19H,6-8,11-13,15-17H2,1-4H3,(H2,23,24,25). The van der Waals surface area contributed by atoms with Crippen molar-refractivity contribution >= 4 is 11.6 Å². The summed E-state index contributed by atoms with van der Waals surface area (Å²) in [7, 11) is 3.52. The van der Waals surface area contributed by atoms with Gasteiger partial charge < -0.3 is 25.0 Å². The number of guanidine groups is 1. The molecule has 1 aromatic carbocycles. The monoisotopic (exact) mass is 390 g/mol. The maximum Gasteiger partial charge on any atom is 0.195 e. The maximum atomic E-state index is 5.78. The van der Waals surface area contributed by atoms with Gasteiger partial charge in [-0.05, 0) is 43.4 Å². The van der Waals surface area contributed by atoms with Crippen LogP contribution in [0.3, 0.4) is 0 Å². The Kier molecular flexibility index (Phi) is 10.1. The first kappa shape index (κ1) is 22.5. The molecule has 0 saturated carbocycles. The molecule has 1 fully saturated rings. The number of aliphatic imine (C=N–C) groups is 1. The van der Waals surface area contributed by atoms with Crippen LogP contribution in [0.25, 0.3) is 0 Å². The molecule has 0 radical (unpaired) electrons. The fourth-order valence-electron chi connectivity index (χ4n) is 3.61. The lowest BCUT2D eigenvalue weighted by molar-refractivity contribution is 0.159. The molecule has 0 aliphatic carbocycles. The van der Waals surface area contributed by atoms with Crippen LogP contribution in [0, 0.1) is 11.8 Å². The summed E-state index contributed by atoms with van der Waals surface area (Å²) in [6.45, 7) is 10.5. The van der Waals surface area contributed by atoms with E-state index in [-0.39, 0.29) is 0 Å². The molecule has 6 nitrogen and oxygen atoms in total. The smallest absolute Gasteiger partial charge is 0.195 e. The summed E-state index contributed by atoms with van der Waals surface area (Å²) < 4.78 is 10.8. The summed E-state index contributed by atoms with van der Waals surface area (Å²) >= 11 is 0. The first-order valence-electron chi connectivity index (χ1n) is 10.5. The number of piperidine rings is 1. The van der Waals surface area contributed by atoms with Gasteiger partial charge in [0.2, 0.25) is 0 Å². The van der Waals surface area contributed by atoms with Gasteiger partial charge in [0, 0.05) is 58.6 Å². The van der Waals surface area contributed by atoms with E-state index in [1.807, 2.05) is 31.3 Å². The normalized spacial score (nSPS) is 18.3. The number of anilines is 1. The number of benzene rings is 1. The average Bonchev–Trinajstić information content (AvgIpc) is 2.68. The zero-order chi connectivity index (χ0) is 20.2. The molecule has 1 heterocycles. The van der Waals surface area contributed by atoms with Crippen LogP contribution in [0.2, 0.25) is 0 Å². The van der Waals surface area contributed by atoms with E-state index in [4.69, 9.17) is 9.47 Å². The lowest BCUT2D eigenvalue weighted by Gasteiger charge is -2.34. The molecule has 0 spiro atoms. The highest BCUT2D eigenvalue weighted by molar-refractivity contribution is 5.93. The molecule has 158 valence electrons. The van der Waals surface area contributed by atoms with Gasteiger partial charge in [-0.2, -0.15) is 0 Å². The predicted octanol–water partition coefficient (Wildman–Crippen LogP) is 3.46. The van der Waals surface area contributed by atoms with E-state index in [0.717, 1.165) is 36.3 Å². The zero-order valence-corrected chi connectivity index (χ0v) is 18.0. The molecule has 0 bridgehead atoms. The second-order valence-corrected chi connectivity index (χ2v) is 7.96. The van der Waals surface area contributed by atoms with Gasteiger partial charge in [-0.15, -0.1) is 0 Å². The third kappa shape index (κ3) is 8.48. The van der Waals surface area contributed by atoms with Crippen LogP contribution in [-0.4, -0.2) is 64.4 Å². The summed E-state index contributed by atoms with van der Waals surface area (Å²) in [6, 6.07) is 8.00. The van der Waals surface area contributed by atoms with E-state index in [2.05, 4.69) is 34.4 Å². The first-order valence-corrected chi connectivity index (χ1v) is 10.5. The van der Waals surface area contributed by atoms with Crippen LogP contribution in [0.5, 0.6) is 5.75 Å². The van der Waals surface area contributed by atoms with E-state index in [9.17, 15) is 0 Å². The Hall–Kier alpha value is -1.79. The molecule has 0 amide bonds.